The molecule has 3 heterocycles. The summed E-state index contributed by atoms with van der Waals surface area (Å²) in [5.74, 6) is 0.396. The number of carbonyl (C=O) groups is 2. The summed E-state index contributed by atoms with van der Waals surface area (Å²) < 4.78 is 5.36. The molecule has 1 aliphatic rings. The standard InChI is InChI=1S/C19H25N5O3/c1-13(2)24-9-8-21-19(26)17(24)11-18(25)23(3)12-15-10-16(22-27-15)14-4-6-20-7-5-14/h4-7,10,13,17H,8-9,11-12H2,1-3H3,(H,21,26). The Labute approximate surface area is 158 Å². The second-order valence-corrected chi connectivity index (χ2v) is 7.01. The molecule has 3 rings (SSSR count). The van der Waals surface area contributed by atoms with Crippen LogP contribution in [0.3, 0.4) is 0 Å². The lowest BCUT2D eigenvalue weighted by Crippen LogP contribution is -2.58. The minimum atomic E-state index is -0.434. The maximum atomic E-state index is 12.7. The largest absolute Gasteiger partial charge is 0.359 e. The van der Waals surface area contributed by atoms with Gasteiger partial charge in [0, 0.05) is 50.2 Å². The third-order valence-electron chi connectivity index (χ3n) is 4.76. The van der Waals surface area contributed by atoms with Crippen molar-refractivity contribution in [2.45, 2.75) is 38.9 Å². The van der Waals surface area contributed by atoms with Crippen LogP contribution in [0.1, 0.15) is 26.0 Å². The van der Waals surface area contributed by atoms with Gasteiger partial charge in [-0.25, -0.2) is 0 Å². The number of nitrogens with one attached hydrogen (secondary N) is 1. The van der Waals surface area contributed by atoms with E-state index < -0.39 is 6.04 Å². The van der Waals surface area contributed by atoms with Crippen LogP contribution in [0.2, 0.25) is 0 Å². The van der Waals surface area contributed by atoms with Crippen LogP contribution in [0.4, 0.5) is 0 Å². The van der Waals surface area contributed by atoms with Gasteiger partial charge in [0.25, 0.3) is 0 Å². The number of carbonyl (C=O) groups excluding carboxylic acids is 2. The van der Waals surface area contributed by atoms with Crippen LogP contribution in [-0.4, -0.2) is 64.0 Å². The van der Waals surface area contributed by atoms with Gasteiger partial charge >= 0.3 is 0 Å². The lowest BCUT2D eigenvalue weighted by atomic mass is 10.1. The molecule has 1 N–H and O–H groups in total. The highest BCUT2D eigenvalue weighted by atomic mass is 16.5. The molecule has 8 nitrogen and oxygen atoms in total. The normalized spacial score (nSPS) is 17.8. The molecule has 0 spiro atoms. The molecule has 0 aromatic carbocycles. The second-order valence-electron chi connectivity index (χ2n) is 7.01. The van der Waals surface area contributed by atoms with Crippen molar-refractivity contribution in [3.05, 3.63) is 36.4 Å². The van der Waals surface area contributed by atoms with Gasteiger partial charge in [0.05, 0.1) is 19.0 Å². The number of piperazine rings is 1. The van der Waals surface area contributed by atoms with Crippen LogP contribution in [0, 0.1) is 0 Å². The lowest BCUT2D eigenvalue weighted by molar-refractivity contribution is -0.139. The van der Waals surface area contributed by atoms with Crippen molar-refractivity contribution in [2.75, 3.05) is 20.1 Å². The summed E-state index contributed by atoms with van der Waals surface area (Å²) >= 11 is 0. The van der Waals surface area contributed by atoms with Gasteiger partial charge in [0.2, 0.25) is 11.8 Å². The molecule has 0 bridgehead atoms. The zero-order valence-electron chi connectivity index (χ0n) is 15.9. The van der Waals surface area contributed by atoms with Crippen molar-refractivity contribution in [2.24, 2.45) is 0 Å². The third kappa shape index (κ3) is 4.51. The Kier molecular flexibility index (Phi) is 5.85. The molecule has 27 heavy (non-hydrogen) atoms. The maximum absolute atomic E-state index is 12.7. The molecule has 1 unspecified atom stereocenters. The Hall–Kier alpha value is -2.74. The van der Waals surface area contributed by atoms with E-state index in [1.807, 2.05) is 32.0 Å². The van der Waals surface area contributed by atoms with Crippen molar-refractivity contribution >= 4 is 11.8 Å². The molecule has 8 heteroatoms. The minimum Gasteiger partial charge on any atom is -0.359 e. The Morgan fingerprint density at radius 1 is 1.41 bits per heavy atom. The number of amides is 2. The summed E-state index contributed by atoms with van der Waals surface area (Å²) in [5.41, 5.74) is 1.60. The van der Waals surface area contributed by atoms with Crippen LogP contribution in [0.5, 0.6) is 0 Å². The highest BCUT2D eigenvalue weighted by Crippen LogP contribution is 2.19. The van der Waals surface area contributed by atoms with Crippen molar-refractivity contribution in [1.82, 2.24) is 25.3 Å². The SMILES string of the molecule is CC(C)N1CCNC(=O)C1CC(=O)N(C)Cc1cc(-c2ccncc2)no1. The van der Waals surface area contributed by atoms with E-state index in [1.165, 1.54) is 0 Å². The second kappa shape index (κ2) is 8.30. The maximum Gasteiger partial charge on any atom is 0.237 e. The molecule has 0 saturated carbocycles. The quantitative estimate of drug-likeness (QED) is 0.823. The fourth-order valence-electron chi connectivity index (χ4n) is 3.25. The number of hydrogen-bond donors (Lipinski definition) is 1. The fourth-order valence-corrected chi connectivity index (χ4v) is 3.25. The van der Waals surface area contributed by atoms with Crippen LogP contribution in [-0.2, 0) is 16.1 Å². The summed E-state index contributed by atoms with van der Waals surface area (Å²) in [5, 5.41) is 6.90. The van der Waals surface area contributed by atoms with Crippen LogP contribution < -0.4 is 5.32 Å². The van der Waals surface area contributed by atoms with Gasteiger partial charge < -0.3 is 14.7 Å². The van der Waals surface area contributed by atoms with Crippen molar-refractivity contribution in [3.63, 3.8) is 0 Å². The van der Waals surface area contributed by atoms with Crippen LogP contribution in [0.15, 0.2) is 35.1 Å². The molecule has 2 aromatic heterocycles. The molecule has 1 aliphatic heterocycles. The molecule has 0 radical (unpaired) electrons. The molecule has 1 fully saturated rings. The number of pyridine rings is 1. The highest BCUT2D eigenvalue weighted by molar-refractivity contribution is 5.88. The van der Waals surface area contributed by atoms with E-state index in [4.69, 9.17) is 4.52 Å². The topological polar surface area (TPSA) is 91.6 Å². The molecule has 144 valence electrons. The number of nitrogens with zero attached hydrogens (tertiary/aromatic N) is 4. The van der Waals surface area contributed by atoms with Crippen molar-refractivity contribution < 1.29 is 14.1 Å². The van der Waals surface area contributed by atoms with Crippen LogP contribution in [0.25, 0.3) is 11.3 Å². The average Bonchev–Trinajstić information content (AvgIpc) is 3.12. The first-order valence-corrected chi connectivity index (χ1v) is 9.09. The third-order valence-corrected chi connectivity index (χ3v) is 4.76. The monoisotopic (exact) mass is 371 g/mol. The van der Waals surface area contributed by atoms with Gasteiger partial charge in [-0.1, -0.05) is 5.16 Å². The molecular weight excluding hydrogens is 346 g/mol. The van der Waals surface area contributed by atoms with Gasteiger partial charge in [-0.15, -0.1) is 0 Å². The first-order valence-electron chi connectivity index (χ1n) is 9.09. The first-order chi connectivity index (χ1) is 13.0. The molecule has 0 aliphatic carbocycles. The number of aromatic nitrogens is 2. The Bertz CT molecular complexity index is 790. The smallest absolute Gasteiger partial charge is 0.237 e. The summed E-state index contributed by atoms with van der Waals surface area (Å²) in [6, 6.07) is 5.27. The van der Waals surface area contributed by atoms with Crippen molar-refractivity contribution in [1.29, 1.82) is 0 Å². The Balaban J connectivity index is 1.62. The van der Waals surface area contributed by atoms with E-state index in [0.29, 0.717) is 24.5 Å². The number of rotatable bonds is 6. The lowest BCUT2D eigenvalue weighted by Gasteiger charge is -2.38. The Morgan fingerprint density at radius 3 is 2.85 bits per heavy atom. The predicted molar refractivity (Wildman–Crippen MR) is 99.5 cm³/mol. The summed E-state index contributed by atoms with van der Waals surface area (Å²) in [6.07, 6.45) is 3.52. The van der Waals surface area contributed by atoms with Gasteiger partial charge in [0.15, 0.2) is 5.76 Å². The number of hydrogen-bond acceptors (Lipinski definition) is 6. The van der Waals surface area contributed by atoms with E-state index >= 15 is 0 Å². The van der Waals surface area contributed by atoms with Gasteiger partial charge in [-0.3, -0.25) is 19.5 Å². The van der Waals surface area contributed by atoms with E-state index in [2.05, 4.69) is 20.4 Å². The van der Waals surface area contributed by atoms with Gasteiger partial charge in [-0.2, -0.15) is 0 Å². The molecule has 1 saturated heterocycles. The molecule has 1 atom stereocenters. The zero-order valence-corrected chi connectivity index (χ0v) is 15.9. The molecule has 2 amide bonds. The summed E-state index contributed by atoms with van der Waals surface area (Å²) in [6.45, 7) is 5.74. The fraction of sp³-hybridized carbons (Fsp3) is 0.474. The predicted octanol–water partition coefficient (Wildman–Crippen LogP) is 1.29. The Morgan fingerprint density at radius 2 is 2.15 bits per heavy atom. The molecular formula is C19H25N5O3. The summed E-state index contributed by atoms with van der Waals surface area (Å²) in [4.78, 5) is 32.5. The van der Waals surface area contributed by atoms with E-state index in [1.54, 1.807) is 24.3 Å². The molecule has 2 aromatic rings. The van der Waals surface area contributed by atoms with Crippen molar-refractivity contribution in [3.8, 4) is 11.3 Å². The van der Waals surface area contributed by atoms with Crippen LogP contribution >= 0.6 is 0 Å². The first kappa shape index (κ1) is 19.0. The average molecular weight is 371 g/mol. The minimum absolute atomic E-state index is 0.0867. The summed E-state index contributed by atoms with van der Waals surface area (Å²) in [7, 11) is 1.71. The zero-order chi connectivity index (χ0) is 19.4. The van der Waals surface area contributed by atoms with E-state index in [0.717, 1.165) is 12.1 Å². The van der Waals surface area contributed by atoms with E-state index in [-0.39, 0.29) is 24.3 Å². The highest BCUT2D eigenvalue weighted by Gasteiger charge is 2.33. The van der Waals surface area contributed by atoms with Gasteiger partial charge in [0.1, 0.15) is 5.69 Å². The van der Waals surface area contributed by atoms with Gasteiger partial charge in [-0.05, 0) is 26.0 Å². The van der Waals surface area contributed by atoms with E-state index in [9.17, 15) is 9.59 Å².